The molecule has 2 heterocycles. The van der Waals surface area contributed by atoms with E-state index in [0.29, 0.717) is 18.8 Å². The van der Waals surface area contributed by atoms with Gasteiger partial charge in [0.2, 0.25) is 0 Å². The fourth-order valence-electron chi connectivity index (χ4n) is 2.94. The molecular weight excluding hydrogens is 381 g/mol. The van der Waals surface area contributed by atoms with Crippen molar-refractivity contribution in [1.29, 1.82) is 0 Å². The first-order valence-corrected chi connectivity index (χ1v) is 9.95. The minimum atomic E-state index is -3.87. The van der Waals surface area contributed by atoms with Crippen LogP contribution in [0, 0.1) is 5.82 Å². The van der Waals surface area contributed by atoms with Gasteiger partial charge in [-0.1, -0.05) is 11.6 Å². The zero-order valence-corrected chi connectivity index (χ0v) is 15.9. The molecule has 1 aromatic carbocycles. The van der Waals surface area contributed by atoms with E-state index in [-0.39, 0.29) is 27.9 Å². The highest BCUT2D eigenvalue weighted by molar-refractivity contribution is 7.92. The van der Waals surface area contributed by atoms with Gasteiger partial charge >= 0.3 is 0 Å². The number of aromatic nitrogens is 1. The van der Waals surface area contributed by atoms with E-state index in [1.165, 1.54) is 24.3 Å². The van der Waals surface area contributed by atoms with Crippen LogP contribution in [0.2, 0.25) is 5.15 Å². The molecule has 6 nitrogen and oxygen atoms in total. The van der Waals surface area contributed by atoms with E-state index in [2.05, 4.69) is 9.71 Å². The highest BCUT2D eigenvalue weighted by Crippen LogP contribution is 2.27. The summed E-state index contributed by atoms with van der Waals surface area (Å²) in [4.78, 5) is 5.59. The predicted molar refractivity (Wildman–Crippen MR) is 98.7 cm³/mol. The van der Waals surface area contributed by atoms with Gasteiger partial charge in [-0.2, -0.15) is 0 Å². The standard InChI is InChI=1S/C17H19ClFN3O3S/c1-11-9-22(10-12(2)25-11)16-5-3-13(7-15(16)19)21-26(23,24)14-4-6-17(18)20-8-14/h3-8,11-12,21H,9-10H2,1-2H3/t11-,12-/m0/s1. The molecule has 1 fully saturated rings. The van der Waals surface area contributed by atoms with Crippen LogP contribution in [0.15, 0.2) is 41.4 Å². The van der Waals surface area contributed by atoms with Crippen LogP contribution in [0.5, 0.6) is 0 Å². The monoisotopic (exact) mass is 399 g/mol. The first-order valence-electron chi connectivity index (χ1n) is 8.09. The number of hydrogen-bond donors (Lipinski definition) is 1. The molecule has 0 amide bonds. The molecule has 1 saturated heterocycles. The number of sulfonamides is 1. The van der Waals surface area contributed by atoms with Crippen LogP contribution < -0.4 is 9.62 Å². The summed E-state index contributed by atoms with van der Waals surface area (Å²) in [7, 11) is -3.87. The number of hydrogen-bond acceptors (Lipinski definition) is 5. The number of morpholine rings is 1. The van der Waals surface area contributed by atoms with E-state index in [1.807, 2.05) is 18.7 Å². The van der Waals surface area contributed by atoms with Crippen LogP contribution in [0.3, 0.4) is 0 Å². The van der Waals surface area contributed by atoms with Gasteiger partial charge in [0, 0.05) is 25.4 Å². The topological polar surface area (TPSA) is 71.5 Å². The first-order chi connectivity index (χ1) is 12.2. The van der Waals surface area contributed by atoms with Gasteiger partial charge in [0.05, 0.1) is 23.6 Å². The van der Waals surface area contributed by atoms with E-state index in [4.69, 9.17) is 16.3 Å². The zero-order valence-electron chi connectivity index (χ0n) is 14.3. The molecule has 0 spiro atoms. The molecule has 1 aliphatic heterocycles. The molecule has 3 rings (SSSR count). The average Bonchev–Trinajstić information content (AvgIpc) is 2.54. The summed E-state index contributed by atoms with van der Waals surface area (Å²) in [5, 5.41) is 0.188. The Morgan fingerprint density at radius 3 is 2.50 bits per heavy atom. The van der Waals surface area contributed by atoms with Crippen molar-refractivity contribution >= 4 is 33.0 Å². The van der Waals surface area contributed by atoms with Crippen LogP contribution in [0.4, 0.5) is 15.8 Å². The number of benzene rings is 1. The maximum atomic E-state index is 14.6. The Morgan fingerprint density at radius 2 is 1.92 bits per heavy atom. The molecule has 0 aliphatic carbocycles. The number of anilines is 2. The molecule has 2 aromatic rings. The summed E-state index contributed by atoms with van der Waals surface area (Å²) >= 11 is 5.66. The lowest BCUT2D eigenvalue weighted by atomic mass is 10.2. The predicted octanol–water partition coefficient (Wildman–Crippen LogP) is 3.29. The largest absolute Gasteiger partial charge is 0.372 e. The minimum absolute atomic E-state index is 0.00580. The Labute approximate surface area is 157 Å². The summed E-state index contributed by atoms with van der Waals surface area (Å²) < 4.78 is 47.3. The average molecular weight is 400 g/mol. The highest BCUT2D eigenvalue weighted by Gasteiger charge is 2.24. The second-order valence-electron chi connectivity index (χ2n) is 6.25. The smallest absolute Gasteiger partial charge is 0.263 e. The third kappa shape index (κ3) is 4.25. The highest BCUT2D eigenvalue weighted by atomic mass is 35.5. The summed E-state index contributed by atoms with van der Waals surface area (Å²) in [5.41, 5.74) is 0.554. The second kappa shape index (κ2) is 7.38. The molecule has 0 bridgehead atoms. The van der Waals surface area contributed by atoms with E-state index in [9.17, 15) is 12.8 Å². The van der Waals surface area contributed by atoms with Gasteiger partial charge in [0.15, 0.2) is 0 Å². The third-order valence-corrected chi connectivity index (χ3v) is 5.56. The molecule has 1 N–H and O–H groups in total. The Morgan fingerprint density at radius 1 is 1.23 bits per heavy atom. The quantitative estimate of drug-likeness (QED) is 0.799. The van der Waals surface area contributed by atoms with Crippen LogP contribution in [0.25, 0.3) is 0 Å². The van der Waals surface area contributed by atoms with Crippen molar-refractivity contribution in [3.63, 3.8) is 0 Å². The number of pyridine rings is 1. The van der Waals surface area contributed by atoms with Crippen molar-refractivity contribution in [1.82, 2.24) is 4.98 Å². The summed E-state index contributed by atoms with van der Waals surface area (Å²) in [6.45, 7) is 5.01. The van der Waals surface area contributed by atoms with Crippen molar-refractivity contribution in [3.8, 4) is 0 Å². The molecule has 9 heteroatoms. The normalized spacial score (nSPS) is 20.8. The van der Waals surface area contributed by atoms with E-state index < -0.39 is 15.8 Å². The van der Waals surface area contributed by atoms with E-state index in [1.54, 1.807) is 6.07 Å². The molecule has 140 valence electrons. The van der Waals surface area contributed by atoms with Crippen LogP contribution in [-0.2, 0) is 14.8 Å². The zero-order chi connectivity index (χ0) is 18.9. The molecule has 0 unspecified atom stereocenters. The van der Waals surface area contributed by atoms with Gasteiger partial charge in [-0.3, -0.25) is 4.72 Å². The summed E-state index contributed by atoms with van der Waals surface area (Å²) in [6, 6.07) is 6.97. The van der Waals surface area contributed by atoms with Gasteiger partial charge in [-0.25, -0.2) is 17.8 Å². The van der Waals surface area contributed by atoms with E-state index >= 15 is 0 Å². The summed E-state index contributed by atoms with van der Waals surface area (Å²) in [6.07, 6.45) is 1.13. The molecular formula is C17H19ClFN3O3S. The Kier molecular flexibility index (Phi) is 5.36. The number of halogens is 2. The van der Waals surface area contributed by atoms with Crippen molar-refractivity contribution in [2.45, 2.75) is 31.0 Å². The molecule has 2 atom stereocenters. The first kappa shape index (κ1) is 18.9. The van der Waals surface area contributed by atoms with Crippen molar-refractivity contribution in [3.05, 3.63) is 47.5 Å². The fourth-order valence-corrected chi connectivity index (χ4v) is 4.04. The Hall–Kier alpha value is -1.90. The maximum Gasteiger partial charge on any atom is 0.263 e. The number of nitrogens with one attached hydrogen (secondary N) is 1. The lowest BCUT2D eigenvalue weighted by Crippen LogP contribution is -2.45. The minimum Gasteiger partial charge on any atom is -0.372 e. The van der Waals surface area contributed by atoms with Crippen LogP contribution in [0.1, 0.15) is 13.8 Å². The lowest BCUT2D eigenvalue weighted by molar-refractivity contribution is -0.00539. The van der Waals surface area contributed by atoms with E-state index in [0.717, 1.165) is 6.20 Å². The van der Waals surface area contributed by atoms with Gasteiger partial charge in [0.1, 0.15) is 15.9 Å². The number of nitrogens with zero attached hydrogens (tertiary/aromatic N) is 2. The van der Waals surface area contributed by atoms with Crippen molar-refractivity contribution < 1.29 is 17.5 Å². The van der Waals surface area contributed by atoms with Gasteiger partial charge in [-0.05, 0) is 38.1 Å². The number of rotatable bonds is 4. The van der Waals surface area contributed by atoms with Gasteiger partial charge in [0.25, 0.3) is 10.0 Å². The maximum absolute atomic E-state index is 14.6. The molecule has 0 saturated carbocycles. The van der Waals surface area contributed by atoms with Crippen molar-refractivity contribution in [2.24, 2.45) is 0 Å². The Bertz CT molecular complexity index is 883. The molecule has 26 heavy (non-hydrogen) atoms. The van der Waals surface area contributed by atoms with Crippen molar-refractivity contribution in [2.75, 3.05) is 22.7 Å². The lowest BCUT2D eigenvalue weighted by Gasteiger charge is -2.37. The molecule has 1 aromatic heterocycles. The third-order valence-electron chi connectivity index (χ3n) is 3.97. The SMILES string of the molecule is C[C@H]1CN(c2ccc(NS(=O)(=O)c3ccc(Cl)nc3)cc2F)C[C@H](C)O1. The number of ether oxygens (including phenoxy) is 1. The van der Waals surface area contributed by atoms with Crippen LogP contribution >= 0.6 is 11.6 Å². The molecule has 1 aliphatic rings. The summed E-state index contributed by atoms with van der Waals surface area (Å²) in [5.74, 6) is -0.499. The molecule has 0 radical (unpaired) electrons. The van der Waals surface area contributed by atoms with Gasteiger partial charge in [-0.15, -0.1) is 0 Å². The fraction of sp³-hybridized carbons (Fsp3) is 0.353. The second-order valence-corrected chi connectivity index (χ2v) is 8.32. The Balaban J connectivity index is 1.80. The van der Waals surface area contributed by atoms with Gasteiger partial charge < -0.3 is 9.64 Å². The van der Waals surface area contributed by atoms with Crippen LogP contribution in [-0.4, -0.2) is 38.7 Å².